The molecule has 20 heavy (non-hydrogen) atoms. The first-order valence-corrected chi connectivity index (χ1v) is 5.93. The molecule has 0 aliphatic rings. The molecule has 0 unspecified atom stereocenters. The van der Waals surface area contributed by atoms with Crippen LogP contribution >= 0.6 is 11.8 Å². The number of anilines is 1. The molecular formula is C12H11ClF3NO3. The highest BCUT2D eigenvalue weighted by atomic mass is 35.5. The Morgan fingerprint density at radius 2 is 1.90 bits per heavy atom. The number of carboxylic acid groups (broad SMARTS) is 1. The second kappa shape index (κ2) is 6.60. The highest BCUT2D eigenvalue weighted by Crippen LogP contribution is 2.32. The van der Waals surface area contributed by atoms with Crippen LogP contribution in [0.3, 0.4) is 0 Å². The molecule has 0 fully saturated rings. The van der Waals surface area contributed by atoms with Gasteiger partial charge in [-0.2, -0.15) is 13.2 Å². The van der Waals surface area contributed by atoms with E-state index in [2.05, 4.69) is 0 Å². The molecule has 1 rings (SSSR count). The zero-order valence-electron chi connectivity index (χ0n) is 10.2. The molecule has 110 valence electrons. The molecule has 0 spiro atoms. The molecule has 0 bridgehead atoms. The van der Waals surface area contributed by atoms with Crippen molar-refractivity contribution in [1.82, 2.24) is 0 Å². The van der Waals surface area contributed by atoms with Gasteiger partial charge in [-0.1, -0.05) is 6.07 Å². The first-order valence-electron chi connectivity index (χ1n) is 5.59. The van der Waals surface area contributed by atoms with Crippen LogP contribution in [0, 0.1) is 0 Å². The van der Waals surface area contributed by atoms with Gasteiger partial charge in [-0.05, 0) is 24.6 Å². The maximum Gasteiger partial charge on any atom is 0.416 e. The van der Waals surface area contributed by atoms with Crippen molar-refractivity contribution in [2.75, 3.05) is 4.42 Å². The fourth-order valence-corrected chi connectivity index (χ4v) is 1.63. The summed E-state index contributed by atoms with van der Waals surface area (Å²) < 4.78 is 38.1. The quantitative estimate of drug-likeness (QED) is 0.848. The minimum atomic E-state index is -4.53. The second-order valence-corrected chi connectivity index (χ2v) is 4.31. The Bertz CT molecular complexity index is 505. The van der Waals surface area contributed by atoms with E-state index in [0.717, 1.165) is 18.2 Å². The summed E-state index contributed by atoms with van der Waals surface area (Å²) in [5.74, 6) is -1.72. The Hall–Kier alpha value is -1.76. The molecule has 0 heterocycles. The predicted molar refractivity (Wildman–Crippen MR) is 66.3 cm³/mol. The third kappa shape index (κ3) is 4.73. The normalized spacial score (nSPS) is 11.2. The zero-order valence-corrected chi connectivity index (χ0v) is 10.9. The van der Waals surface area contributed by atoms with E-state index in [-0.39, 0.29) is 24.9 Å². The van der Waals surface area contributed by atoms with Crippen LogP contribution in [0.25, 0.3) is 0 Å². The standard InChI is InChI=1S/C12H11ClF3NO3/c13-17(10(18)5-2-6-11(19)20)9-4-1-3-8(7-9)12(14,15)16/h1,3-4,7H,2,5-6H2,(H,19,20). The largest absolute Gasteiger partial charge is 0.481 e. The first-order chi connectivity index (χ1) is 9.21. The van der Waals surface area contributed by atoms with Crippen molar-refractivity contribution in [3.63, 3.8) is 0 Å². The van der Waals surface area contributed by atoms with Crippen LogP contribution in [0.4, 0.5) is 18.9 Å². The summed E-state index contributed by atoms with van der Waals surface area (Å²) in [4.78, 5) is 21.9. The lowest BCUT2D eigenvalue weighted by Gasteiger charge is -2.15. The third-order valence-corrected chi connectivity index (χ3v) is 2.78. The van der Waals surface area contributed by atoms with Gasteiger partial charge in [0.15, 0.2) is 0 Å². The van der Waals surface area contributed by atoms with Gasteiger partial charge in [0.05, 0.1) is 11.3 Å². The number of halogens is 4. The Labute approximate surface area is 117 Å². The highest BCUT2D eigenvalue weighted by molar-refractivity contribution is 6.36. The number of carbonyl (C=O) groups is 2. The Morgan fingerprint density at radius 3 is 2.45 bits per heavy atom. The molecular weight excluding hydrogens is 299 g/mol. The summed E-state index contributed by atoms with van der Waals surface area (Å²) in [5, 5.41) is 8.43. The van der Waals surface area contributed by atoms with E-state index in [0.29, 0.717) is 4.42 Å². The molecule has 0 aromatic heterocycles. The number of benzene rings is 1. The van der Waals surface area contributed by atoms with Gasteiger partial charge >= 0.3 is 12.1 Å². The number of rotatable bonds is 5. The van der Waals surface area contributed by atoms with Crippen LogP contribution < -0.4 is 4.42 Å². The van der Waals surface area contributed by atoms with Gasteiger partial charge in [0, 0.05) is 24.6 Å². The Morgan fingerprint density at radius 1 is 1.25 bits per heavy atom. The maximum absolute atomic E-state index is 12.5. The molecule has 1 aromatic rings. The van der Waals surface area contributed by atoms with Crippen LogP contribution in [-0.4, -0.2) is 17.0 Å². The van der Waals surface area contributed by atoms with E-state index < -0.39 is 23.6 Å². The van der Waals surface area contributed by atoms with Gasteiger partial charge in [-0.3, -0.25) is 9.59 Å². The third-order valence-electron chi connectivity index (χ3n) is 2.40. The van der Waals surface area contributed by atoms with Gasteiger partial charge in [0.25, 0.3) is 0 Å². The number of hydrogen-bond donors (Lipinski definition) is 1. The smallest absolute Gasteiger partial charge is 0.416 e. The van der Waals surface area contributed by atoms with Crippen molar-refractivity contribution in [2.45, 2.75) is 25.4 Å². The number of aliphatic carboxylic acids is 1. The number of hydrogen-bond acceptors (Lipinski definition) is 2. The summed E-state index contributed by atoms with van der Waals surface area (Å²) in [7, 11) is 0. The van der Waals surface area contributed by atoms with Gasteiger partial charge in [0.2, 0.25) is 5.91 Å². The zero-order chi connectivity index (χ0) is 15.3. The fraction of sp³-hybridized carbons (Fsp3) is 0.333. The van der Waals surface area contributed by atoms with Crippen LogP contribution in [0.15, 0.2) is 24.3 Å². The summed E-state index contributed by atoms with van der Waals surface area (Å²) in [6.45, 7) is 0. The van der Waals surface area contributed by atoms with Crippen molar-refractivity contribution in [3.05, 3.63) is 29.8 Å². The van der Waals surface area contributed by atoms with E-state index in [4.69, 9.17) is 16.9 Å². The van der Waals surface area contributed by atoms with Crippen molar-refractivity contribution in [1.29, 1.82) is 0 Å². The van der Waals surface area contributed by atoms with Crippen molar-refractivity contribution in [3.8, 4) is 0 Å². The Balaban J connectivity index is 2.74. The predicted octanol–water partition coefficient (Wildman–Crippen LogP) is 3.45. The van der Waals surface area contributed by atoms with Crippen LogP contribution in [0.2, 0.25) is 0 Å². The van der Waals surface area contributed by atoms with Crippen LogP contribution in [0.1, 0.15) is 24.8 Å². The minimum absolute atomic E-state index is 0.0658. The molecule has 1 N–H and O–H groups in total. The molecule has 0 saturated heterocycles. The number of nitrogens with zero attached hydrogens (tertiary/aromatic N) is 1. The lowest BCUT2D eigenvalue weighted by Crippen LogP contribution is -2.21. The second-order valence-electron chi connectivity index (χ2n) is 3.97. The van der Waals surface area contributed by atoms with Gasteiger partial charge in [0.1, 0.15) is 0 Å². The molecule has 0 aliphatic carbocycles. The number of amides is 1. The molecule has 0 saturated carbocycles. The minimum Gasteiger partial charge on any atom is -0.481 e. The molecule has 8 heteroatoms. The summed E-state index contributed by atoms with van der Waals surface area (Å²) >= 11 is 5.66. The van der Waals surface area contributed by atoms with Crippen molar-refractivity contribution >= 4 is 29.3 Å². The van der Waals surface area contributed by atoms with Gasteiger partial charge in [-0.25, -0.2) is 4.42 Å². The molecule has 1 aromatic carbocycles. The summed E-state index contributed by atoms with van der Waals surface area (Å²) in [6, 6.07) is 4.01. The van der Waals surface area contributed by atoms with E-state index >= 15 is 0 Å². The van der Waals surface area contributed by atoms with E-state index in [1.807, 2.05) is 0 Å². The maximum atomic E-state index is 12.5. The number of carboxylic acids is 1. The molecule has 0 atom stereocenters. The molecule has 1 amide bonds. The average Bonchev–Trinajstić information content (AvgIpc) is 2.36. The number of alkyl halides is 3. The topological polar surface area (TPSA) is 57.6 Å². The average molecular weight is 310 g/mol. The lowest BCUT2D eigenvalue weighted by atomic mass is 10.2. The van der Waals surface area contributed by atoms with E-state index in [9.17, 15) is 22.8 Å². The monoisotopic (exact) mass is 309 g/mol. The molecule has 0 aliphatic heterocycles. The SMILES string of the molecule is O=C(O)CCCC(=O)N(Cl)c1cccc(C(F)(F)F)c1. The van der Waals surface area contributed by atoms with Crippen LogP contribution in [0.5, 0.6) is 0 Å². The fourth-order valence-electron chi connectivity index (χ4n) is 1.44. The summed E-state index contributed by atoms with van der Waals surface area (Å²) in [5.41, 5.74) is -1.03. The highest BCUT2D eigenvalue weighted by Gasteiger charge is 2.31. The van der Waals surface area contributed by atoms with Gasteiger partial charge in [-0.15, -0.1) is 0 Å². The van der Waals surface area contributed by atoms with Crippen molar-refractivity contribution < 1.29 is 27.9 Å². The van der Waals surface area contributed by atoms with Crippen molar-refractivity contribution in [2.24, 2.45) is 0 Å². The van der Waals surface area contributed by atoms with Crippen LogP contribution in [-0.2, 0) is 15.8 Å². The lowest BCUT2D eigenvalue weighted by molar-refractivity contribution is -0.138. The molecule has 4 nitrogen and oxygen atoms in total. The first kappa shape index (κ1) is 16.3. The summed E-state index contributed by atoms with van der Waals surface area (Å²) in [6.07, 6.45) is -4.83. The van der Waals surface area contributed by atoms with E-state index in [1.165, 1.54) is 6.07 Å². The molecule has 0 radical (unpaired) electrons. The van der Waals surface area contributed by atoms with Gasteiger partial charge < -0.3 is 5.11 Å². The van der Waals surface area contributed by atoms with E-state index in [1.54, 1.807) is 0 Å². The Kier molecular flexibility index (Phi) is 5.38. The number of carbonyl (C=O) groups excluding carboxylic acids is 1.